The molecule has 1 N–H and O–H groups in total. The standard InChI is InChI=1S/C12H15NO2/c1-9-4-3-5-11(6-9)8-13-12(15)7-10(2)14/h3-6H,7-8H2,1-2H3,(H,13,15). The molecular formula is C12H15NO2. The molecule has 1 aromatic rings. The van der Waals surface area contributed by atoms with Crippen LogP contribution in [0.15, 0.2) is 24.3 Å². The Morgan fingerprint density at radius 3 is 2.67 bits per heavy atom. The predicted octanol–water partition coefficient (Wildman–Crippen LogP) is 1.59. The van der Waals surface area contributed by atoms with E-state index in [1.807, 2.05) is 31.2 Å². The number of aryl methyl sites for hydroxylation is 1. The van der Waals surface area contributed by atoms with Gasteiger partial charge in [-0.2, -0.15) is 0 Å². The molecule has 0 aromatic heterocycles. The summed E-state index contributed by atoms with van der Waals surface area (Å²) in [5, 5.41) is 2.70. The van der Waals surface area contributed by atoms with Gasteiger partial charge in [0, 0.05) is 6.54 Å². The van der Waals surface area contributed by atoms with Gasteiger partial charge in [-0.05, 0) is 19.4 Å². The van der Waals surface area contributed by atoms with Crippen molar-refractivity contribution in [3.05, 3.63) is 35.4 Å². The quantitative estimate of drug-likeness (QED) is 0.759. The van der Waals surface area contributed by atoms with Crippen LogP contribution >= 0.6 is 0 Å². The molecule has 0 atom stereocenters. The van der Waals surface area contributed by atoms with E-state index in [1.165, 1.54) is 6.92 Å². The van der Waals surface area contributed by atoms with E-state index in [2.05, 4.69) is 5.32 Å². The fraction of sp³-hybridized carbons (Fsp3) is 0.333. The van der Waals surface area contributed by atoms with Crippen molar-refractivity contribution in [3.63, 3.8) is 0 Å². The number of nitrogens with one attached hydrogen (secondary N) is 1. The Bertz CT molecular complexity index is 372. The van der Waals surface area contributed by atoms with Crippen molar-refractivity contribution in [2.45, 2.75) is 26.8 Å². The Balaban J connectivity index is 2.43. The van der Waals surface area contributed by atoms with Crippen LogP contribution in [0.25, 0.3) is 0 Å². The molecule has 0 spiro atoms. The van der Waals surface area contributed by atoms with E-state index in [0.717, 1.165) is 11.1 Å². The summed E-state index contributed by atoms with van der Waals surface area (Å²) >= 11 is 0. The molecule has 0 aliphatic heterocycles. The molecule has 0 bridgehead atoms. The first-order valence-corrected chi connectivity index (χ1v) is 4.89. The van der Waals surface area contributed by atoms with Gasteiger partial charge in [0.25, 0.3) is 0 Å². The van der Waals surface area contributed by atoms with Crippen molar-refractivity contribution in [2.24, 2.45) is 0 Å². The van der Waals surface area contributed by atoms with Crippen LogP contribution < -0.4 is 5.32 Å². The summed E-state index contributed by atoms with van der Waals surface area (Å²) in [6, 6.07) is 7.90. The minimum absolute atomic E-state index is 0.0359. The lowest BCUT2D eigenvalue weighted by molar-refractivity contribution is -0.127. The molecule has 1 rings (SSSR count). The number of carbonyl (C=O) groups is 2. The number of ketones is 1. The van der Waals surface area contributed by atoms with Crippen molar-refractivity contribution < 1.29 is 9.59 Å². The van der Waals surface area contributed by atoms with E-state index in [1.54, 1.807) is 0 Å². The van der Waals surface area contributed by atoms with Crippen molar-refractivity contribution in [2.75, 3.05) is 0 Å². The van der Waals surface area contributed by atoms with Gasteiger partial charge in [-0.1, -0.05) is 29.8 Å². The smallest absolute Gasteiger partial charge is 0.227 e. The highest BCUT2D eigenvalue weighted by Crippen LogP contribution is 2.03. The van der Waals surface area contributed by atoms with Gasteiger partial charge >= 0.3 is 0 Å². The Kier molecular flexibility index (Phi) is 4.03. The zero-order valence-electron chi connectivity index (χ0n) is 9.04. The molecule has 0 aliphatic carbocycles. The molecule has 3 nitrogen and oxygen atoms in total. The summed E-state index contributed by atoms with van der Waals surface area (Å²) in [6.45, 7) is 3.89. The molecule has 0 saturated heterocycles. The Labute approximate surface area is 89.5 Å². The van der Waals surface area contributed by atoms with E-state index in [0.29, 0.717) is 6.54 Å². The third-order valence-corrected chi connectivity index (χ3v) is 1.98. The first kappa shape index (κ1) is 11.4. The molecule has 3 heteroatoms. The molecule has 15 heavy (non-hydrogen) atoms. The van der Waals surface area contributed by atoms with Gasteiger partial charge in [0.1, 0.15) is 5.78 Å². The lowest BCUT2D eigenvalue weighted by Crippen LogP contribution is -2.24. The minimum Gasteiger partial charge on any atom is -0.352 e. The Morgan fingerprint density at radius 2 is 2.07 bits per heavy atom. The van der Waals surface area contributed by atoms with Gasteiger partial charge in [0.05, 0.1) is 6.42 Å². The van der Waals surface area contributed by atoms with Gasteiger partial charge in [-0.15, -0.1) is 0 Å². The minimum atomic E-state index is -0.219. The highest BCUT2D eigenvalue weighted by atomic mass is 16.2. The first-order valence-electron chi connectivity index (χ1n) is 4.89. The van der Waals surface area contributed by atoms with Crippen LogP contribution in [0.2, 0.25) is 0 Å². The third-order valence-electron chi connectivity index (χ3n) is 1.98. The van der Waals surface area contributed by atoms with Gasteiger partial charge < -0.3 is 5.32 Å². The second-order valence-corrected chi connectivity index (χ2v) is 3.64. The van der Waals surface area contributed by atoms with Gasteiger partial charge in [0.2, 0.25) is 5.91 Å². The lowest BCUT2D eigenvalue weighted by Gasteiger charge is -2.04. The van der Waals surface area contributed by atoms with E-state index in [-0.39, 0.29) is 18.1 Å². The number of rotatable bonds is 4. The largest absolute Gasteiger partial charge is 0.352 e. The second kappa shape index (κ2) is 5.29. The summed E-state index contributed by atoms with van der Waals surface area (Å²) in [7, 11) is 0. The van der Waals surface area contributed by atoms with E-state index in [4.69, 9.17) is 0 Å². The predicted molar refractivity (Wildman–Crippen MR) is 58.3 cm³/mol. The monoisotopic (exact) mass is 205 g/mol. The highest BCUT2D eigenvalue weighted by Gasteiger charge is 2.03. The highest BCUT2D eigenvalue weighted by molar-refractivity contribution is 5.96. The molecule has 0 unspecified atom stereocenters. The van der Waals surface area contributed by atoms with E-state index in [9.17, 15) is 9.59 Å². The van der Waals surface area contributed by atoms with Gasteiger partial charge in [0.15, 0.2) is 0 Å². The van der Waals surface area contributed by atoms with Crippen LogP contribution in [0, 0.1) is 6.92 Å². The van der Waals surface area contributed by atoms with Crippen molar-refractivity contribution in [1.82, 2.24) is 5.32 Å². The molecule has 0 heterocycles. The zero-order valence-corrected chi connectivity index (χ0v) is 9.04. The van der Waals surface area contributed by atoms with Crippen LogP contribution in [0.4, 0.5) is 0 Å². The molecule has 0 radical (unpaired) electrons. The van der Waals surface area contributed by atoms with Gasteiger partial charge in [-0.3, -0.25) is 9.59 Å². The topological polar surface area (TPSA) is 46.2 Å². The van der Waals surface area contributed by atoms with Crippen molar-refractivity contribution in [3.8, 4) is 0 Å². The third kappa shape index (κ3) is 4.40. The Morgan fingerprint density at radius 1 is 1.33 bits per heavy atom. The first-order chi connectivity index (χ1) is 7.08. The maximum absolute atomic E-state index is 11.2. The van der Waals surface area contributed by atoms with Crippen LogP contribution in [-0.4, -0.2) is 11.7 Å². The number of benzene rings is 1. The molecule has 0 saturated carbocycles. The van der Waals surface area contributed by atoms with Crippen LogP contribution in [0.5, 0.6) is 0 Å². The summed E-state index contributed by atoms with van der Waals surface area (Å²) in [5.74, 6) is -0.333. The fourth-order valence-electron chi connectivity index (χ4n) is 1.31. The summed E-state index contributed by atoms with van der Waals surface area (Å²) in [4.78, 5) is 21.8. The average Bonchev–Trinajstić information content (AvgIpc) is 2.14. The van der Waals surface area contributed by atoms with Crippen LogP contribution in [0.3, 0.4) is 0 Å². The Hall–Kier alpha value is -1.64. The summed E-state index contributed by atoms with van der Waals surface area (Å²) in [5.41, 5.74) is 2.21. The lowest BCUT2D eigenvalue weighted by atomic mass is 10.1. The van der Waals surface area contributed by atoms with Crippen LogP contribution in [-0.2, 0) is 16.1 Å². The molecule has 1 amide bonds. The SMILES string of the molecule is CC(=O)CC(=O)NCc1cccc(C)c1. The molecule has 0 aliphatic rings. The molecule has 80 valence electrons. The maximum Gasteiger partial charge on any atom is 0.227 e. The maximum atomic E-state index is 11.2. The number of Topliss-reactive ketones (excluding diaryl/α,β-unsaturated/α-hetero) is 1. The van der Waals surface area contributed by atoms with E-state index >= 15 is 0 Å². The van der Waals surface area contributed by atoms with Crippen molar-refractivity contribution >= 4 is 11.7 Å². The fourth-order valence-corrected chi connectivity index (χ4v) is 1.31. The molecule has 0 fully saturated rings. The number of carbonyl (C=O) groups excluding carboxylic acids is 2. The second-order valence-electron chi connectivity index (χ2n) is 3.64. The molecular weight excluding hydrogens is 190 g/mol. The summed E-state index contributed by atoms with van der Waals surface area (Å²) < 4.78 is 0. The van der Waals surface area contributed by atoms with Crippen LogP contribution in [0.1, 0.15) is 24.5 Å². The van der Waals surface area contributed by atoms with E-state index < -0.39 is 0 Å². The number of hydrogen-bond acceptors (Lipinski definition) is 2. The normalized spacial score (nSPS) is 9.73. The zero-order chi connectivity index (χ0) is 11.3. The number of hydrogen-bond donors (Lipinski definition) is 1. The number of amides is 1. The molecule has 1 aromatic carbocycles. The van der Waals surface area contributed by atoms with Crippen molar-refractivity contribution in [1.29, 1.82) is 0 Å². The summed E-state index contributed by atoms with van der Waals surface area (Å²) in [6.07, 6.45) is -0.0359. The van der Waals surface area contributed by atoms with Gasteiger partial charge in [-0.25, -0.2) is 0 Å². The average molecular weight is 205 g/mol.